The summed E-state index contributed by atoms with van der Waals surface area (Å²) in [4.78, 5) is 58.5. The van der Waals surface area contributed by atoms with E-state index in [1.54, 1.807) is 30.3 Å². The average Bonchev–Trinajstić information content (AvgIpc) is 3.35. The van der Waals surface area contributed by atoms with Gasteiger partial charge in [0.05, 0.1) is 18.2 Å². The predicted octanol–water partition coefficient (Wildman–Crippen LogP) is 2.43. The quantitative estimate of drug-likeness (QED) is 0.151. The van der Waals surface area contributed by atoms with Gasteiger partial charge in [0.1, 0.15) is 6.04 Å². The van der Waals surface area contributed by atoms with Crippen LogP contribution in [0.5, 0.6) is 0 Å². The second kappa shape index (κ2) is 13.8. The van der Waals surface area contributed by atoms with E-state index in [2.05, 4.69) is 20.6 Å². The number of hydrogen-bond donors (Lipinski definition) is 3. The minimum absolute atomic E-state index is 0.0265. The van der Waals surface area contributed by atoms with Crippen molar-refractivity contribution in [2.45, 2.75) is 50.8 Å². The van der Waals surface area contributed by atoms with Crippen LogP contribution in [-0.4, -0.2) is 63.1 Å². The lowest BCUT2D eigenvalue weighted by molar-refractivity contribution is -0.147. The zero-order valence-corrected chi connectivity index (χ0v) is 22.2. The molecule has 0 fully saturated rings. The molecule has 3 rings (SSSR count). The zero-order valence-electron chi connectivity index (χ0n) is 22.2. The molecule has 2 aromatic carbocycles. The Hall–Kier alpha value is -4.89. The van der Waals surface area contributed by atoms with Crippen molar-refractivity contribution in [2.24, 2.45) is 11.1 Å². The van der Waals surface area contributed by atoms with Crippen LogP contribution in [0.4, 0.5) is 0 Å². The molecular formula is C29H31N5O6. The molecule has 208 valence electrons. The highest BCUT2D eigenvalue weighted by Gasteiger charge is 2.49. The maximum atomic E-state index is 13.6. The summed E-state index contributed by atoms with van der Waals surface area (Å²) in [5.41, 5.74) is 9.13. The van der Waals surface area contributed by atoms with Crippen LogP contribution < -0.4 is 10.6 Å². The second-order valence-electron chi connectivity index (χ2n) is 9.75. The SMILES string of the molecule is CC(C)[C@H](NC(=O)/C=C/c1ccccc1)C1=NOC(Cc2ccccc2)(C(=O)N[C@@H](CC(=O)O)C(=O)C=[N+]=[N-])C1. The number of carboxylic acid groups (broad SMARTS) is 1. The Balaban J connectivity index is 1.84. The smallest absolute Gasteiger partial charge is 0.325 e. The fraction of sp³-hybridized carbons (Fsp3) is 0.310. The van der Waals surface area contributed by atoms with Crippen LogP contribution in [0.2, 0.25) is 0 Å². The second-order valence-corrected chi connectivity index (χ2v) is 9.75. The van der Waals surface area contributed by atoms with Gasteiger partial charge in [0, 0.05) is 18.9 Å². The number of nitrogens with zero attached hydrogens (tertiary/aromatic N) is 3. The molecule has 2 amide bonds. The topological polar surface area (TPSA) is 171 Å². The van der Waals surface area contributed by atoms with Crippen molar-refractivity contribution in [3.63, 3.8) is 0 Å². The summed E-state index contributed by atoms with van der Waals surface area (Å²) in [7, 11) is 0. The molecule has 0 radical (unpaired) electrons. The molecule has 11 heteroatoms. The summed E-state index contributed by atoms with van der Waals surface area (Å²) in [6.07, 6.45) is 2.92. The fourth-order valence-corrected chi connectivity index (χ4v) is 4.30. The van der Waals surface area contributed by atoms with E-state index in [-0.39, 0.29) is 24.7 Å². The molecular weight excluding hydrogens is 514 g/mol. The van der Waals surface area contributed by atoms with Gasteiger partial charge in [0.25, 0.3) is 11.7 Å². The number of amides is 2. The number of benzene rings is 2. The number of Topliss-reactive ketones (excluding diaryl/α,β-unsaturated/α-hetero) is 1. The molecule has 0 saturated carbocycles. The van der Waals surface area contributed by atoms with Crippen LogP contribution in [0.25, 0.3) is 11.6 Å². The zero-order chi connectivity index (χ0) is 29.1. The van der Waals surface area contributed by atoms with Gasteiger partial charge in [-0.2, -0.15) is 4.79 Å². The number of rotatable bonds is 13. The van der Waals surface area contributed by atoms with Crippen molar-refractivity contribution in [3.8, 4) is 0 Å². The minimum atomic E-state index is -1.62. The molecule has 0 aliphatic carbocycles. The Bertz CT molecular complexity index is 1340. The van der Waals surface area contributed by atoms with Crippen LogP contribution in [-0.2, 0) is 30.4 Å². The van der Waals surface area contributed by atoms with Crippen LogP contribution in [0.15, 0.2) is 71.9 Å². The van der Waals surface area contributed by atoms with E-state index in [1.807, 2.05) is 50.2 Å². The number of carbonyl (C=O) groups is 4. The molecule has 1 heterocycles. The van der Waals surface area contributed by atoms with Gasteiger partial charge in [0.15, 0.2) is 0 Å². The molecule has 40 heavy (non-hydrogen) atoms. The van der Waals surface area contributed by atoms with Gasteiger partial charge in [0.2, 0.25) is 11.5 Å². The Morgan fingerprint density at radius 1 is 1.07 bits per heavy atom. The van der Waals surface area contributed by atoms with Crippen molar-refractivity contribution in [3.05, 3.63) is 83.4 Å². The number of nitrogens with one attached hydrogen (secondary N) is 2. The molecule has 1 aliphatic rings. The standard InChI is InChI=1S/C29H31N5O6/c1-19(2)27(33-25(36)14-13-20-9-5-3-6-10-20)23-17-29(40-34-23,16-21-11-7-4-8-12-21)28(39)32-22(15-26(37)38)24(35)18-31-30/h3-14,18-19,22,27H,15-17H2,1-2H3,(H,32,39)(H,33,36)(H,37,38)/b14-13+/t22-,27-,29?/m0/s1. The van der Waals surface area contributed by atoms with Crippen molar-refractivity contribution >= 4 is 41.6 Å². The van der Waals surface area contributed by atoms with E-state index < -0.39 is 41.8 Å². The monoisotopic (exact) mass is 545 g/mol. The van der Waals surface area contributed by atoms with Crippen molar-refractivity contribution in [2.75, 3.05) is 0 Å². The summed E-state index contributed by atoms with van der Waals surface area (Å²) in [5.74, 6) is -3.47. The number of carbonyl (C=O) groups excluding carboxylic acids is 3. The molecule has 3 N–H and O–H groups in total. The third-order valence-electron chi connectivity index (χ3n) is 6.31. The van der Waals surface area contributed by atoms with E-state index in [4.69, 9.17) is 10.4 Å². The highest BCUT2D eigenvalue weighted by Crippen LogP contribution is 2.31. The maximum absolute atomic E-state index is 13.6. The number of carboxylic acids is 1. The molecule has 0 bridgehead atoms. The summed E-state index contributed by atoms with van der Waals surface area (Å²) in [6, 6.07) is 16.3. The summed E-state index contributed by atoms with van der Waals surface area (Å²) in [5, 5.41) is 18.8. The van der Waals surface area contributed by atoms with E-state index >= 15 is 0 Å². The minimum Gasteiger partial charge on any atom is -0.481 e. The van der Waals surface area contributed by atoms with Crippen LogP contribution in [0, 0.1) is 5.92 Å². The number of hydrogen-bond acceptors (Lipinski definition) is 6. The maximum Gasteiger partial charge on any atom is 0.325 e. The Morgan fingerprint density at radius 2 is 1.73 bits per heavy atom. The van der Waals surface area contributed by atoms with E-state index in [0.29, 0.717) is 11.9 Å². The first-order valence-electron chi connectivity index (χ1n) is 12.7. The van der Waals surface area contributed by atoms with Gasteiger partial charge < -0.3 is 26.1 Å². The molecule has 0 aromatic heterocycles. The fourth-order valence-electron chi connectivity index (χ4n) is 4.30. The van der Waals surface area contributed by atoms with E-state index in [1.165, 1.54) is 6.08 Å². The lowest BCUT2D eigenvalue weighted by Crippen LogP contribution is -2.55. The van der Waals surface area contributed by atoms with Gasteiger partial charge in [-0.15, -0.1) is 0 Å². The summed E-state index contributed by atoms with van der Waals surface area (Å²) >= 11 is 0. The molecule has 1 aliphatic heterocycles. The molecule has 11 nitrogen and oxygen atoms in total. The highest BCUT2D eigenvalue weighted by molar-refractivity contribution is 6.28. The first-order chi connectivity index (χ1) is 19.1. The van der Waals surface area contributed by atoms with Gasteiger partial charge in [-0.25, -0.2) is 0 Å². The highest BCUT2D eigenvalue weighted by atomic mass is 16.7. The molecule has 2 aromatic rings. The number of oxime groups is 1. The predicted molar refractivity (Wildman–Crippen MR) is 147 cm³/mol. The van der Waals surface area contributed by atoms with Crippen LogP contribution in [0.1, 0.15) is 37.8 Å². The van der Waals surface area contributed by atoms with Crippen molar-refractivity contribution in [1.29, 1.82) is 0 Å². The van der Waals surface area contributed by atoms with Gasteiger partial charge in [-0.1, -0.05) is 79.7 Å². The summed E-state index contributed by atoms with van der Waals surface area (Å²) in [6.45, 7) is 3.78. The third-order valence-corrected chi connectivity index (χ3v) is 6.31. The van der Waals surface area contributed by atoms with Gasteiger partial charge >= 0.3 is 12.2 Å². The van der Waals surface area contributed by atoms with Crippen LogP contribution in [0.3, 0.4) is 0 Å². The first kappa shape index (κ1) is 29.7. The normalized spacial score (nSPS) is 17.7. The van der Waals surface area contributed by atoms with Gasteiger partial charge in [-0.3, -0.25) is 19.2 Å². The largest absolute Gasteiger partial charge is 0.481 e. The van der Waals surface area contributed by atoms with Crippen molar-refractivity contribution in [1.82, 2.24) is 10.6 Å². The Morgan fingerprint density at radius 3 is 2.33 bits per heavy atom. The lowest BCUT2D eigenvalue weighted by Gasteiger charge is -2.28. The Labute approximate surface area is 231 Å². The molecule has 3 atom stereocenters. The molecule has 0 spiro atoms. The summed E-state index contributed by atoms with van der Waals surface area (Å²) < 4.78 is 0. The van der Waals surface area contributed by atoms with Gasteiger partial charge in [-0.05, 0) is 23.1 Å². The van der Waals surface area contributed by atoms with Crippen LogP contribution >= 0.6 is 0 Å². The molecule has 0 saturated heterocycles. The average molecular weight is 546 g/mol. The lowest BCUT2D eigenvalue weighted by atomic mass is 9.84. The molecule has 1 unspecified atom stereocenters. The Kier molecular flexibility index (Phi) is 10.2. The van der Waals surface area contributed by atoms with E-state index in [0.717, 1.165) is 11.1 Å². The number of aliphatic carboxylic acids is 1. The van der Waals surface area contributed by atoms with E-state index in [9.17, 15) is 24.3 Å². The first-order valence-corrected chi connectivity index (χ1v) is 12.7. The third kappa shape index (κ3) is 8.05. The van der Waals surface area contributed by atoms with Crippen molar-refractivity contribution < 1.29 is 33.9 Å². The number of ketones is 1.